The van der Waals surface area contributed by atoms with Crippen LogP contribution in [0.2, 0.25) is 5.02 Å². The molecule has 2 aromatic carbocycles. The maximum absolute atomic E-state index is 12.0. The first-order valence-electron chi connectivity index (χ1n) is 9.31. The van der Waals surface area contributed by atoms with E-state index in [2.05, 4.69) is 21.2 Å². The number of hydrogen-bond donors (Lipinski definition) is 1. The molecule has 0 fully saturated rings. The maximum atomic E-state index is 12.0. The van der Waals surface area contributed by atoms with Crippen LogP contribution < -0.4 is 10.2 Å². The van der Waals surface area contributed by atoms with Crippen molar-refractivity contribution in [1.29, 1.82) is 0 Å². The smallest absolute Gasteiger partial charge is 0.277 e. The first-order chi connectivity index (χ1) is 13.8. The van der Waals surface area contributed by atoms with Gasteiger partial charge in [0.05, 0.1) is 6.21 Å². The second-order valence-electron chi connectivity index (χ2n) is 7.04. The quantitative estimate of drug-likeness (QED) is 0.465. The number of hydrogen-bond acceptors (Lipinski definition) is 3. The van der Waals surface area contributed by atoms with E-state index < -0.39 is 0 Å². The fourth-order valence-electron chi connectivity index (χ4n) is 3.28. The molecule has 0 spiro atoms. The van der Waals surface area contributed by atoms with Crippen LogP contribution in [0, 0.1) is 27.7 Å². The summed E-state index contributed by atoms with van der Waals surface area (Å²) in [5.74, 6) is 0.361. The molecule has 0 aliphatic carbocycles. The van der Waals surface area contributed by atoms with Gasteiger partial charge in [0.25, 0.3) is 5.91 Å². The highest BCUT2D eigenvalue weighted by atomic mass is 35.5. The molecule has 1 amide bonds. The Hall–Kier alpha value is -3.05. The fourth-order valence-corrected chi connectivity index (χ4v) is 3.40. The van der Waals surface area contributed by atoms with Crippen molar-refractivity contribution in [1.82, 2.24) is 9.99 Å². The van der Waals surface area contributed by atoms with Gasteiger partial charge in [0.1, 0.15) is 5.75 Å². The van der Waals surface area contributed by atoms with Gasteiger partial charge in [-0.05, 0) is 81.3 Å². The number of carbonyl (C=O) groups excluding carboxylic acids is 1. The van der Waals surface area contributed by atoms with Crippen molar-refractivity contribution in [2.45, 2.75) is 27.7 Å². The highest BCUT2D eigenvalue weighted by Gasteiger charge is 2.09. The number of hydrazone groups is 1. The monoisotopic (exact) mass is 409 g/mol. The summed E-state index contributed by atoms with van der Waals surface area (Å²) < 4.78 is 7.66. The Kier molecular flexibility index (Phi) is 6.39. The molecule has 150 valence electrons. The van der Waals surface area contributed by atoms with Crippen molar-refractivity contribution in [2.24, 2.45) is 5.10 Å². The van der Waals surface area contributed by atoms with Crippen molar-refractivity contribution < 1.29 is 9.53 Å². The zero-order valence-corrected chi connectivity index (χ0v) is 17.7. The van der Waals surface area contributed by atoms with Gasteiger partial charge in [-0.2, -0.15) is 5.10 Å². The van der Waals surface area contributed by atoms with E-state index in [9.17, 15) is 4.79 Å². The Morgan fingerprint density at radius 2 is 1.72 bits per heavy atom. The molecule has 0 unspecified atom stereocenters. The van der Waals surface area contributed by atoms with Crippen LogP contribution in [0.5, 0.6) is 5.75 Å². The van der Waals surface area contributed by atoms with Crippen LogP contribution in [0.3, 0.4) is 0 Å². The van der Waals surface area contributed by atoms with Crippen LogP contribution in [0.15, 0.2) is 53.6 Å². The lowest BCUT2D eigenvalue weighted by molar-refractivity contribution is -0.123. The minimum atomic E-state index is -0.313. The number of amides is 1. The summed E-state index contributed by atoms with van der Waals surface area (Å²) in [7, 11) is 0. The van der Waals surface area contributed by atoms with Crippen LogP contribution in [0.4, 0.5) is 0 Å². The number of aromatic nitrogens is 1. The summed E-state index contributed by atoms with van der Waals surface area (Å²) in [5.41, 5.74) is 8.73. The highest BCUT2D eigenvalue weighted by molar-refractivity contribution is 6.30. The molecule has 1 aromatic heterocycles. The fraction of sp³-hybridized carbons (Fsp3) is 0.217. The third kappa shape index (κ3) is 5.27. The molecule has 0 saturated heterocycles. The second-order valence-corrected chi connectivity index (χ2v) is 7.48. The van der Waals surface area contributed by atoms with E-state index in [1.165, 1.54) is 0 Å². The maximum Gasteiger partial charge on any atom is 0.277 e. The largest absolute Gasteiger partial charge is 0.484 e. The van der Waals surface area contributed by atoms with E-state index in [-0.39, 0.29) is 12.5 Å². The van der Waals surface area contributed by atoms with Crippen LogP contribution in [0.1, 0.15) is 28.1 Å². The van der Waals surface area contributed by atoms with E-state index in [4.69, 9.17) is 16.3 Å². The Morgan fingerprint density at radius 1 is 1.07 bits per heavy atom. The first-order valence-corrected chi connectivity index (χ1v) is 9.69. The van der Waals surface area contributed by atoms with Gasteiger partial charge < -0.3 is 9.30 Å². The van der Waals surface area contributed by atoms with Crippen LogP contribution in [-0.2, 0) is 4.79 Å². The lowest BCUT2D eigenvalue weighted by atomic mass is 10.1. The van der Waals surface area contributed by atoms with Gasteiger partial charge in [-0.3, -0.25) is 4.79 Å². The third-order valence-electron chi connectivity index (χ3n) is 4.51. The molecule has 0 atom stereocenters. The molecule has 29 heavy (non-hydrogen) atoms. The second kappa shape index (κ2) is 8.97. The summed E-state index contributed by atoms with van der Waals surface area (Å²) in [6.45, 7) is 7.92. The van der Waals surface area contributed by atoms with E-state index in [1.54, 1.807) is 6.21 Å². The number of rotatable bonds is 6. The molecular weight excluding hydrogens is 386 g/mol. The topological polar surface area (TPSA) is 55.6 Å². The molecule has 0 radical (unpaired) electrons. The highest BCUT2D eigenvalue weighted by Crippen LogP contribution is 2.21. The summed E-state index contributed by atoms with van der Waals surface area (Å²) in [6.07, 6.45) is 1.64. The molecule has 3 rings (SSSR count). The van der Waals surface area contributed by atoms with Crippen molar-refractivity contribution in [2.75, 3.05) is 6.61 Å². The van der Waals surface area contributed by atoms with Crippen molar-refractivity contribution in [3.8, 4) is 11.4 Å². The number of nitrogens with zero attached hydrogens (tertiary/aromatic N) is 2. The lowest BCUT2D eigenvalue weighted by Gasteiger charge is -2.09. The van der Waals surface area contributed by atoms with Gasteiger partial charge >= 0.3 is 0 Å². The summed E-state index contributed by atoms with van der Waals surface area (Å²) in [4.78, 5) is 12.0. The molecule has 0 aliphatic rings. The first kappa shape index (κ1) is 20.7. The average Bonchev–Trinajstić information content (AvgIpc) is 2.94. The Balaban J connectivity index is 1.62. The van der Waals surface area contributed by atoms with Crippen LogP contribution >= 0.6 is 11.6 Å². The molecule has 0 saturated carbocycles. The Morgan fingerprint density at radius 3 is 2.38 bits per heavy atom. The number of nitrogens with one attached hydrogen (secondary N) is 1. The number of ether oxygens (including phenoxy) is 1. The average molecular weight is 410 g/mol. The van der Waals surface area contributed by atoms with Crippen LogP contribution in [0.25, 0.3) is 5.69 Å². The summed E-state index contributed by atoms with van der Waals surface area (Å²) in [5, 5.41) is 4.77. The van der Waals surface area contributed by atoms with Crippen molar-refractivity contribution >= 4 is 23.7 Å². The lowest BCUT2D eigenvalue weighted by Crippen LogP contribution is -2.24. The van der Waals surface area contributed by atoms with Crippen LogP contribution in [-0.4, -0.2) is 23.3 Å². The molecule has 6 heteroatoms. The third-order valence-corrected chi connectivity index (χ3v) is 4.77. The number of aryl methyl sites for hydroxylation is 3. The predicted molar refractivity (Wildman–Crippen MR) is 117 cm³/mol. The SMILES string of the molecule is Cc1cc(C)cc(OCC(=O)N/N=C\c2cc(C)n(-c3ccc(Cl)cc3)c2C)c1. The van der Waals surface area contributed by atoms with Gasteiger partial charge in [0.15, 0.2) is 6.61 Å². The minimum absolute atomic E-state index is 0.0932. The summed E-state index contributed by atoms with van der Waals surface area (Å²) >= 11 is 5.98. The zero-order chi connectivity index (χ0) is 21.0. The number of halogens is 1. The minimum Gasteiger partial charge on any atom is -0.484 e. The standard InChI is InChI=1S/C23H24ClN3O2/c1-15-9-16(2)11-22(10-15)29-14-23(28)26-25-13-19-12-17(3)27(18(19)4)21-7-5-20(24)6-8-21/h5-13H,14H2,1-4H3,(H,26,28)/b25-13-. The molecular formula is C23H24ClN3O2. The van der Waals surface area contributed by atoms with E-state index in [0.29, 0.717) is 10.8 Å². The van der Waals surface area contributed by atoms with Gasteiger partial charge in [-0.25, -0.2) is 5.43 Å². The number of carbonyl (C=O) groups is 1. The van der Waals surface area contributed by atoms with Crippen molar-refractivity contribution in [3.63, 3.8) is 0 Å². The number of benzene rings is 2. The van der Waals surface area contributed by atoms with Gasteiger partial charge in [0, 0.05) is 27.7 Å². The molecule has 3 aromatic rings. The molecule has 0 bridgehead atoms. The van der Waals surface area contributed by atoms with E-state index in [0.717, 1.165) is 33.8 Å². The van der Waals surface area contributed by atoms with Gasteiger partial charge in [-0.1, -0.05) is 17.7 Å². The van der Waals surface area contributed by atoms with E-state index in [1.807, 2.05) is 70.2 Å². The molecule has 0 aliphatic heterocycles. The normalized spacial score (nSPS) is 11.1. The van der Waals surface area contributed by atoms with Gasteiger partial charge in [-0.15, -0.1) is 0 Å². The predicted octanol–water partition coefficient (Wildman–Crippen LogP) is 4.89. The van der Waals surface area contributed by atoms with Crippen molar-refractivity contribution in [3.05, 3.63) is 81.6 Å². The Bertz CT molecular complexity index is 1030. The molecule has 1 heterocycles. The van der Waals surface area contributed by atoms with E-state index >= 15 is 0 Å². The Labute approximate surface area is 176 Å². The summed E-state index contributed by atoms with van der Waals surface area (Å²) in [6, 6.07) is 15.5. The molecule has 5 nitrogen and oxygen atoms in total. The molecule has 1 N–H and O–H groups in total. The van der Waals surface area contributed by atoms with Gasteiger partial charge in [0.2, 0.25) is 0 Å². The zero-order valence-electron chi connectivity index (χ0n) is 17.0.